The third-order valence-corrected chi connectivity index (χ3v) is 5.31. The minimum absolute atomic E-state index is 0.0299. The highest BCUT2D eigenvalue weighted by Crippen LogP contribution is 2.32. The van der Waals surface area contributed by atoms with Crippen molar-refractivity contribution >= 4 is 39.3 Å². The second kappa shape index (κ2) is 8.06. The van der Waals surface area contributed by atoms with Gasteiger partial charge in [-0.3, -0.25) is 4.79 Å². The van der Waals surface area contributed by atoms with Crippen LogP contribution in [0.3, 0.4) is 0 Å². The zero-order chi connectivity index (χ0) is 15.2. The van der Waals surface area contributed by atoms with Crippen molar-refractivity contribution in [3.63, 3.8) is 0 Å². The number of anilines is 1. The molecule has 0 unspecified atom stereocenters. The minimum atomic E-state index is 0.0299. The monoisotopic (exact) mass is 372 g/mol. The maximum atomic E-state index is 12.1. The molecule has 116 valence electrons. The van der Waals surface area contributed by atoms with E-state index in [0.29, 0.717) is 16.8 Å². The quantitative estimate of drug-likeness (QED) is 0.833. The maximum absolute atomic E-state index is 12.1. The highest BCUT2D eigenvalue weighted by Gasteiger charge is 2.16. The number of ether oxygens (including phenoxy) is 1. The molecular weight excluding hydrogens is 352 g/mol. The molecule has 4 nitrogen and oxygen atoms in total. The molecule has 0 spiro atoms. The number of hydrogen-bond donors (Lipinski definition) is 2. The van der Waals surface area contributed by atoms with Crippen molar-refractivity contribution in [2.24, 2.45) is 0 Å². The van der Waals surface area contributed by atoms with Crippen LogP contribution in [0.25, 0.3) is 0 Å². The Morgan fingerprint density at radius 1 is 1.48 bits per heavy atom. The van der Waals surface area contributed by atoms with E-state index in [0.717, 1.165) is 41.7 Å². The fourth-order valence-electron chi connectivity index (χ4n) is 2.36. The van der Waals surface area contributed by atoms with Crippen molar-refractivity contribution in [1.82, 2.24) is 5.32 Å². The minimum Gasteiger partial charge on any atom is -0.495 e. The Hall–Kier alpha value is -0.720. The van der Waals surface area contributed by atoms with E-state index < -0.39 is 0 Å². The smallest absolute Gasteiger partial charge is 0.234 e. The molecule has 21 heavy (non-hydrogen) atoms. The van der Waals surface area contributed by atoms with Crippen molar-refractivity contribution in [3.8, 4) is 5.75 Å². The van der Waals surface area contributed by atoms with Crippen molar-refractivity contribution in [1.29, 1.82) is 0 Å². The number of benzene rings is 1. The van der Waals surface area contributed by atoms with Crippen LogP contribution in [0.1, 0.15) is 18.4 Å². The Labute approximate surface area is 138 Å². The summed E-state index contributed by atoms with van der Waals surface area (Å²) in [7, 11) is 1.61. The van der Waals surface area contributed by atoms with Crippen molar-refractivity contribution in [2.45, 2.75) is 25.0 Å². The van der Waals surface area contributed by atoms with Gasteiger partial charge < -0.3 is 15.4 Å². The predicted molar refractivity (Wildman–Crippen MR) is 92.4 cm³/mol. The third kappa shape index (κ3) is 4.90. The van der Waals surface area contributed by atoms with Crippen molar-refractivity contribution < 1.29 is 9.53 Å². The summed E-state index contributed by atoms with van der Waals surface area (Å²) < 4.78 is 6.29. The fourth-order valence-corrected chi connectivity index (χ4v) is 3.94. The van der Waals surface area contributed by atoms with E-state index in [9.17, 15) is 4.79 Å². The zero-order valence-electron chi connectivity index (χ0n) is 12.4. The van der Waals surface area contributed by atoms with Gasteiger partial charge in [0.05, 0.1) is 18.6 Å². The van der Waals surface area contributed by atoms with E-state index in [1.165, 1.54) is 0 Å². The number of amides is 1. The standard InChI is InChI=1S/C15H21BrN2O2S/c1-10-7-11(16)8-13(20-2)15(10)18-14(19)9-21-12-3-5-17-6-4-12/h7-8,12,17H,3-6,9H2,1-2H3,(H,18,19). The van der Waals surface area contributed by atoms with Gasteiger partial charge in [0.15, 0.2) is 0 Å². The number of thioether (sulfide) groups is 1. The molecule has 0 bridgehead atoms. The van der Waals surface area contributed by atoms with Gasteiger partial charge in [0.25, 0.3) is 0 Å². The summed E-state index contributed by atoms with van der Waals surface area (Å²) in [5.74, 6) is 1.20. The van der Waals surface area contributed by atoms with E-state index in [-0.39, 0.29) is 5.91 Å². The van der Waals surface area contributed by atoms with E-state index in [4.69, 9.17) is 4.74 Å². The van der Waals surface area contributed by atoms with Crippen LogP contribution in [0.15, 0.2) is 16.6 Å². The van der Waals surface area contributed by atoms with Gasteiger partial charge in [-0.1, -0.05) is 15.9 Å². The summed E-state index contributed by atoms with van der Waals surface area (Å²) in [5.41, 5.74) is 1.75. The topological polar surface area (TPSA) is 50.4 Å². The molecule has 1 aliphatic rings. The van der Waals surface area contributed by atoms with Crippen molar-refractivity contribution in [3.05, 3.63) is 22.2 Å². The molecule has 1 aliphatic heterocycles. The molecule has 6 heteroatoms. The second-order valence-electron chi connectivity index (χ2n) is 5.11. The summed E-state index contributed by atoms with van der Waals surface area (Å²) in [4.78, 5) is 12.1. The van der Waals surface area contributed by atoms with Crippen LogP contribution in [0.5, 0.6) is 5.75 Å². The normalized spacial score (nSPS) is 15.8. The Balaban J connectivity index is 1.93. The first kappa shape index (κ1) is 16.6. The van der Waals surface area contributed by atoms with Gasteiger partial charge in [0, 0.05) is 9.72 Å². The Bertz CT molecular complexity index is 505. The zero-order valence-corrected chi connectivity index (χ0v) is 14.8. The number of carbonyl (C=O) groups is 1. The summed E-state index contributed by atoms with van der Waals surface area (Å²) >= 11 is 5.18. The van der Waals surface area contributed by atoms with E-state index >= 15 is 0 Å². The lowest BCUT2D eigenvalue weighted by Gasteiger charge is -2.22. The highest BCUT2D eigenvalue weighted by molar-refractivity contribution is 9.10. The molecule has 1 fully saturated rings. The summed E-state index contributed by atoms with van der Waals surface area (Å²) in [6.45, 7) is 4.07. The first-order chi connectivity index (χ1) is 10.1. The number of piperidine rings is 1. The lowest BCUT2D eigenvalue weighted by molar-refractivity contribution is -0.113. The molecule has 1 amide bonds. The van der Waals surface area contributed by atoms with Gasteiger partial charge in [-0.15, -0.1) is 11.8 Å². The van der Waals surface area contributed by atoms with Crippen LogP contribution in [0.4, 0.5) is 5.69 Å². The van der Waals surface area contributed by atoms with Gasteiger partial charge in [-0.2, -0.15) is 0 Å². The predicted octanol–water partition coefficient (Wildman–Crippen LogP) is 3.19. The van der Waals surface area contributed by atoms with Crippen molar-refractivity contribution in [2.75, 3.05) is 31.3 Å². The van der Waals surface area contributed by atoms with Gasteiger partial charge in [-0.25, -0.2) is 0 Å². The molecule has 0 radical (unpaired) electrons. The molecule has 1 aromatic rings. The van der Waals surface area contributed by atoms with Gasteiger partial charge in [0.1, 0.15) is 5.75 Å². The van der Waals surface area contributed by atoms with Crippen LogP contribution >= 0.6 is 27.7 Å². The first-order valence-corrected chi connectivity index (χ1v) is 8.90. The molecule has 0 aromatic heterocycles. The summed E-state index contributed by atoms with van der Waals surface area (Å²) in [6.07, 6.45) is 2.27. The molecule has 1 aromatic carbocycles. The number of aryl methyl sites for hydroxylation is 1. The van der Waals surface area contributed by atoms with Crippen LogP contribution in [0.2, 0.25) is 0 Å². The molecule has 2 N–H and O–H groups in total. The Morgan fingerprint density at radius 3 is 2.86 bits per heavy atom. The number of halogens is 1. The molecule has 0 atom stereocenters. The lowest BCUT2D eigenvalue weighted by atomic mass is 10.2. The van der Waals surface area contributed by atoms with Gasteiger partial charge in [-0.05, 0) is 50.6 Å². The largest absolute Gasteiger partial charge is 0.495 e. The average molecular weight is 373 g/mol. The van der Waals surface area contributed by atoms with Gasteiger partial charge >= 0.3 is 0 Å². The number of carbonyl (C=O) groups excluding carboxylic acids is 1. The second-order valence-corrected chi connectivity index (χ2v) is 7.31. The van der Waals surface area contributed by atoms with Crippen LogP contribution < -0.4 is 15.4 Å². The lowest BCUT2D eigenvalue weighted by Crippen LogP contribution is -2.30. The highest BCUT2D eigenvalue weighted by atomic mass is 79.9. The van der Waals surface area contributed by atoms with Crippen LogP contribution in [-0.4, -0.2) is 37.1 Å². The molecule has 2 rings (SSSR count). The van der Waals surface area contributed by atoms with E-state index in [1.807, 2.05) is 19.1 Å². The number of methoxy groups -OCH3 is 1. The maximum Gasteiger partial charge on any atom is 0.234 e. The Kier molecular flexibility index (Phi) is 6.39. The molecular formula is C15H21BrN2O2S. The Morgan fingerprint density at radius 2 is 2.19 bits per heavy atom. The average Bonchev–Trinajstić information content (AvgIpc) is 2.48. The van der Waals surface area contributed by atoms with Gasteiger partial charge in [0.2, 0.25) is 5.91 Å². The van der Waals surface area contributed by atoms with E-state index in [2.05, 4.69) is 26.6 Å². The molecule has 0 saturated carbocycles. The van der Waals surface area contributed by atoms with Crippen LogP contribution in [-0.2, 0) is 4.79 Å². The van der Waals surface area contributed by atoms with E-state index in [1.54, 1.807) is 18.9 Å². The molecule has 0 aliphatic carbocycles. The summed E-state index contributed by atoms with van der Waals surface area (Å²) in [5, 5.41) is 6.90. The fraction of sp³-hybridized carbons (Fsp3) is 0.533. The van der Waals surface area contributed by atoms with Crippen LogP contribution in [0, 0.1) is 6.92 Å². The first-order valence-electron chi connectivity index (χ1n) is 7.06. The SMILES string of the molecule is COc1cc(Br)cc(C)c1NC(=O)CSC1CCNCC1. The number of hydrogen-bond acceptors (Lipinski definition) is 4. The molecule has 1 saturated heterocycles. The number of nitrogens with one attached hydrogen (secondary N) is 2. The third-order valence-electron chi connectivity index (χ3n) is 3.48. The molecule has 1 heterocycles. The summed E-state index contributed by atoms with van der Waals surface area (Å²) in [6, 6.07) is 3.83. The number of rotatable bonds is 5.